The van der Waals surface area contributed by atoms with E-state index in [1.807, 2.05) is 18.3 Å². The fourth-order valence-corrected chi connectivity index (χ4v) is 5.79. The van der Waals surface area contributed by atoms with Crippen LogP contribution in [0.4, 0.5) is 0 Å². The van der Waals surface area contributed by atoms with Crippen LogP contribution in [0.3, 0.4) is 0 Å². The van der Waals surface area contributed by atoms with Gasteiger partial charge in [-0.05, 0) is 68.4 Å². The van der Waals surface area contributed by atoms with Gasteiger partial charge in [0, 0.05) is 29.1 Å². The van der Waals surface area contributed by atoms with E-state index in [4.69, 9.17) is 4.98 Å². The smallest absolute Gasteiger partial charge is 0.144 e. The van der Waals surface area contributed by atoms with Gasteiger partial charge in [0.1, 0.15) is 5.82 Å². The molecule has 0 saturated carbocycles. The Kier molecular flexibility index (Phi) is 7.21. The van der Waals surface area contributed by atoms with E-state index < -0.39 is 0 Å². The summed E-state index contributed by atoms with van der Waals surface area (Å²) in [6.45, 7) is 15.3. The first kappa shape index (κ1) is 27.2. The van der Waals surface area contributed by atoms with Gasteiger partial charge in [-0.3, -0.25) is 4.57 Å². The number of nitriles is 1. The average Bonchev–Trinajstić information content (AvgIpc) is 3.40. The third-order valence-corrected chi connectivity index (χ3v) is 7.99. The van der Waals surface area contributed by atoms with E-state index in [2.05, 4.69) is 126 Å². The lowest BCUT2D eigenvalue weighted by atomic mass is 9.79. The highest BCUT2D eigenvalue weighted by Crippen LogP contribution is 2.41. The van der Waals surface area contributed by atoms with Crippen LogP contribution in [0.1, 0.15) is 60.6 Å². The Morgan fingerprint density at radius 2 is 1.30 bits per heavy atom. The summed E-state index contributed by atoms with van der Waals surface area (Å²) < 4.78 is 2.23. The fourth-order valence-electron chi connectivity index (χ4n) is 5.79. The molecule has 200 valence electrons. The van der Waals surface area contributed by atoms with Gasteiger partial charge >= 0.3 is 0 Å². The van der Waals surface area contributed by atoms with Gasteiger partial charge in [-0.2, -0.15) is 5.26 Å². The average molecular weight is 524 g/mol. The molecule has 0 saturated heterocycles. The lowest BCUT2D eigenvalue weighted by Crippen LogP contribution is -2.17. The van der Waals surface area contributed by atoms with Gasteiger partial charge in [0.2, 0.25) is 0 Å². The van der Waals surface area contributed by atoms with Crippen molar-refractivity contribution in [3.8, 4) is 45.4 Å². The van der Waals surface area contributed by atoms with Gasteiger partial charge in [0.05, 0.1) is 17.3 Å². The molecule has 0 aliphatic rings. The molecule has 0 amide bonds. The first-order chi connectivity index (χ1) is 19.1. The largest absolute Gasteiger partial charge is 0.299 e. The Bertz CT molecular complexity index is 1650. The maximum absolute atomic E-state index is 9.81. The van der Waals surface area contributed by atoms with Gasteiger partial charge in [0.15, 0.2) is 0 Å². The van der Waals surface area contributed by atoms with Crippen molar-refractivity contribution in [3.05, 3.63) is 119 Å². The molecule has 1 heterocycles. The third kappa shape index (κ3) is 5.10. The zero-order valence-corrected chi connectivity index (χ0v) is 24.6. The minimum absolute atomic E-state index is 0.0796. The molecule has 0 spiro atoms. The molecule has 0 fully saturated rings. The number of nitrogens with zero attached hydrogens (tertiary/aromatic N) is 3. The van der Waals surface area contributed by atoms with Gasteiger partial charge in [-0.1, -0.05) is 104 Å². The van der Waals surface area contributed by atoms with Crippen LogP contribution in [0.15, 0.2) is 85.2 Å². The topological polar surface area (TPSA) is 41.6 Å². The Morgan fingerprint density at radius 1 is 0.750 bits per heavy atom. The van der Waals surface area contributed by atoms with Gasteiger partial charge < -0.3 is 0 Å². The molecule has 0 N–H and O–H groups in total. The highest BCUT2D eigenvalue weighted by molar-refractivity contribution is 5.87. The molecular formula is C37H37N3. The maximum Gasteiger partial charge on any atom is 0.144 e. The monoisotopic (exact) mass is 523 g/mol. The molecule has 0 unspecified atom stereocenters. The molecule has 3 heteroatoms. The molecule has 3 nitrogen and oxygen atoms in total. The van der Waals surface area contributed by atoms with Crippen molar-refractivity contribution in [2.24, 2.45) is 0 Å². The van der Waals surface area contributed by atoms with Crippen molar-refractivity contribution in [1.29, 1.82) is 5.26 Å². The summed E-state index contributed by atoms with van der Waals surface area (Å²) in [4.78, 5) is 4.94. The van der Waals surface area contributed by atoms with Gasteiger partial charge in [0.25, 0.3) is 0 Å². The lowest BCUT2D eigenvalue weighted by Gasteiger charge is -2.27. The van der Waals surface area contributed by atoms with Crippen molar-refractivity contribution in [3.63, 3.8) is 0 Å². The Balaban J connectivity index is 1.88. The second-order valence-corrected chi connectivity index (χ2v) is 11.7. The van der Waals surface area contributed by atoms with Crippen LogP contribution in [0.2, 0.25) is 0 Å². The van der Waals surface area contributed by atoms with Crippen LogP contribution in [0.5, 0.6) is 0 Å². The summed E-state index contributed by atoms with van der Waals surface area (Å²) in [5.41, 5.74) is 13.4. The van der Waals surface area contributed by atoms with E-state index in [0.29, 0.717) is 5.56 Å². The Labute approximate surface area is 238 Å². The van der Waals surface area contributed by atoms with E-state index in [1.54, 1.807) is 0 Å². The molecule has 0 radical (unpaired) electrons. The number of benzene rings is 4. The van der Waals surface area contributed by atoms with Gasteiger partial charge in [-0.15, -0.1) is 0 Å². The highest BCUT2D eigenvalue weighted by atomic mass is 15.1. The van der Waals surface area contributed by atoms with E-state index in [9.17, 15) is 5.26 Å². The van der Waals surface area contributed by atoms with Crippen molar-refractivity contribution in [1.82, 2.24) is 9.55 Å². The van der Waals surface area contributed by atoms with E-state index in [0.717, 1.165) is 34.6 Å². The molecule has 5 aromatic rings. The lowest BCUT2D eigenvalue weighted by molar-refractivity contribution is 0.507. The van der Waals surface area contributed by atoms with Crippen molar-refractivity contribution >= 4 is 0 Å². The summed E-state index contributed by atoms with van der Waals surface area (Å²) in [7, 11) is 0. The minimum atomic E-state index is -0.0796. The zero-order chi connectivity index (χ0) is 28.6. The van der Waals surface area contributed by atoms with Crippen LogP contribution in [0.25, 0.3) is 39.3 Å². The second-order valence-electron chi connectivity index (χ2n) is 11.7. The van der Waals surface area contributed by atoms with Crippen LogP contribution >= 0.6 is 0 Å². The molecular weight excluding hydrogens is 486 g/mol. The Hall–Kier alpha value is -4.42. The maximum atomic E-state index is 9.81. The molecule has 0 bridgehead atoms. The number of hydrogen-bond acceptors (Lipinski definition) is 2. The van der Waals surface area contributed by atoms with Crippen molar-refractivity contribution in [2.45, 2.75) is 60.3 Å². The molecule has 5 rings (SSSR count). The van der Waals surface area contributed by atoms with Crippen molar-refractivity contribution < 1.29 is 0 Å². The zero-order valence-electron chi connectivity index (χ0n) is 24.6. The number of para-hydroxylation sites is 1. The molecule has 4 aromatic carbocycles. The van der Waals surface area contributed by atoms with Crippen LogP contribution in [-0.4, -0.2) is 9.55 Å². The standard InChI is InChI=1S/C37H37N3/c1-8-37(6,7)34-13-12-28(23-38)22-33(34)36-39-14-15-40(36)35-31(29-18-24(2)16-25(3)19-29)10-9-11-32(35)30-20-26(4)17-27(5)21-30/h9-22H,8H2,1-7H3. The summed E-state index contributed by atoms with van der Waals surface area (Å²) in [6, 6.07) is 28.4. The first-order valence-corrected chi connectivity index (χ1v) is 14.0. The molecule has 0 aliphatic carbocycles. The number of imidazole rings is 1. The van der Waals surface area contributed by atoms with Crippen LogP contribution in [0, 0.1) is 39.0 Å². The molecule has 40 heavy (non-hydrogen) atoms. The summed E-state index contributed by atoms with van der Waals surface area (Å²) in [5, 5.41) is 9.81. The third-order valence-electron chi connectivity index (χ3n) is 7.99. The van der Waals surface area contributed by atoms with Crippen LogP contribution < -0.4 is 0 Å². The van der Waals surface area contributed by atoms with Crippen LogP contribution in [-0.2, 0) is 5.41 Å². The Morgan fingerprint density at radius 3 is 1.80 bits per heavy atom. The predicted molar refractivity (Wildman–Crippen MR) is 167 cm³/mol. The number of rotatable bonds is 6. The fraction of sp³-hybridized carbons (Fsp3) is 0.243. The first-order valence-electron chi connectivity index (χ1n) is 14.0. The summed E-state index contributed by atoms with van der Waals surface area (Å²) in [5.74, 6) is 0.844. The van der Waals surface area contributed by atoms with Gasteiger partial charge in [-0.25, -0.2) is 4.98 Å². The summed E-state index contributed by atoms with van der Waals surface area (Å²) in [6.07, 6.45) is 4.91. The number of aryl methyl sites for hydroxylation is 4. The quantitative estimate of drug-likeness (QED) is 0.222. The number of hydrogen-bond donors (Lipinski definition) is 0. The molecule has 0 aliphatic heterocycles. The molecule has 1 aromatic heterocycles. The van der Waals surface area contributed by atoms with E-state index >= 15 is 0 Å². The molecule has 0 atom stereocenters. The second kappa shape index (κ2) is 10.6. The SMILES string of the molecule is CCC(C)(C)c1ccc(C#N)cc1-c1nccn1-c1c(-c2cc(C)cc(C)c2)cccc1-c1cc(C)cc(C)c1. The van der Waals surface area contributed by atoms with E-state index in [1.165, 1.54) is 38.9 Å². The normalized spacial score (nSPS) is 11.4. The number of aromatic nitrogens is 2. The summed E-state index contributed by atoms with van der Waals surface area (Å²) >= 11 is 0. The van der Waals surface area contributed by atoms with E-state index in [-0.39, 0.29) is 5.41 Å². The minimum Gasteiger partial charge on any atom is -0.299 e. The predicted octanol–water partition coefficient (Wildman–Crippen LogP) is 9.67. The highest BCUT2D eigenvalue weighted by Gasteiger charge is 2.26. The van der Waals surface area contributed by atoms with Crippen molar-refractivity contribution in [2.75, 3.05) is 0 Å².